The summed E-state index contributed by atoms with van der Waals surface area (Å²) in [6, 6.07) is 10.0. The lowest BCUT2D eigenvalue weighted by Crippen LogP contribution is -2.54. The number of hydrogen-bond acceptors (Lipinski definition) is 4. The Labute approximate surface area is 130 Å². The van der Waals surface area contributed by atoms with Crippen LogP contribution in [0.5, 0.6) is 0 Å². The smallest absolute Gasteiger partial charge is 0.172 e. The van der Waals surface area contributed by atoms with E-state index in [1.807, 2.05) is 30.3 Å². The molecule has 0 aromatic heterocycles. The summed E-state index contributed by atoms with van der Waals surface area (Å²) in [5.41, 5.74) is 1.17. The Kier molecular flexibility index (Phi) is 3.56. The van der Waals surface area contributed by atoms with Gasteiger partial charge in [-0.25, -0.2) is 0 Å². The van der Waals surface area contributed by atoms with Crippen molar-refractivity contribution in [2.24, 2.45) is 17.8 Å². The first-order valence-electron chi connectivity index (χ1n) is 8.22. The summed E-state index contributed by atoms with van der Waals surface area (Å²) in [6.07, 6.45) is 2.17. The average molecular weight is 302 g/mol. The van der Waals surface area contributed by atoms with E-state index in [-0.39, 0.29) is 23.5 Å². The lowest BCUT2D eigenvalue weighted by Gasteiger charge is -2.48. The molecule has 1 N–H and O–H groups in total. The lowest BCUT2D eigenvalue weighted by atomic mass is 9.69. The second-order valence-corrected chi connectivity index (χ2v) is 6.77. The molecule has 0 amide bonds. The maximum Gasteiger partial charge on any atom is 0.172 e. The molecule has 22 heavy (non-hydrogen) atoms. The van der Waals surface area contributed by atoms with Gasteiger partial charge in [0.05, 0.1) is 19.3 Å². The Morgan fingerprint density at radius 3 is 2.68 bits per heavy atom. The van der Waals surface area contributed by atoms with Gasteiger partial charge in [0.15, 0.2) is 5.79 Å². The van der Waals surface area contributed by atoms with Crippen LogP contribution in [-0.2, 0) is 20.7 Å². The normalized spacial score (nSPS) is 35.3. The van der Waals surface area contributed by atoms with Crippen LogP contribution in [-0.4, -0.2) is 36.0 Å². The third kappa shape index (κ3) is 2.21. The summed E-state index contributed by atoms with van der Waals surface area (Å²) >= 11 is 0. The number of ether oxygens (including phenoxy) is 2. The van der Waals surface area contributed by atoms with Crippen molar-refractivity contribution in [3.63, 3.8) is 0 Å². The molecule has 0 radical (unpaired) electrons. The average Bonchev–Trinajstić information content (AvgIpc) is 3.12. The maximum absolute atomic E-state index is 12.5. The molecule has 4 nitrogen and oxygen atoms in total. The summed E-state index contributed by atoms with van der Waals surface area (Å²) in [4.78, 5) is 12.5. The molecule has 4 atom stereocenters. The zero-order chi connectivity index (χ0) is 15.2. The summed E-state index contributed by atoms with van der Waals surface area (Å²) in [6.45, 7) is 1.26. The molecular formula is C18H22O4. The first-order valence-corrected chi connectivity index (χ1v) is 8.22. The molecule has 2 aliphatic carbocycles. The van der Waals surface area contributed by atoms with Gasteiger partial charge in [-0.1, -0.05) is 30.3 Å². The Morgan fingerprint density at radius 1 is 1.23 bits per heavy atom. The van der Waals surface area contributed by atoms with E-state index in [4.69, 9.17) is 9.47 Å². The third-order valence-electron chi connectivity index (χ3n) is 5.65. The summed E-state index contributed by atoms with van der Waals surface area (Å²) in [5.74, 6) is -0.190. The predicted octanol–water partition coefficient (Wildman–Crippen LogP) is 1.95. The van der Waals surface area contributed by atoms with Gasteiger partial charge in [0.25, 0.3) is 0 Å². The zero-order valence-electron chi connectivity index (χ0n) is 12.6. The van der Waals surface area contributed by atoms with Crippen molar-refractivity contribution in [1.82, 2.24) is 0 Å². The van der Waals surface area contributed by atoms with E-state index in [2.05, 4.69) is 0 Å². The number of aliphatic hydroxyl groups is 1. The quantitative estimate of drug-likeness (QED) is 0.923. The summed E-state index contributed by atoms with van der Waals surface area (Å²) in [5, 5.41) is 10.5. The van der Waals surface area contributed by atoms with Crippen LogP contribution in [0.3, 0.4) is 0 Å². The van der Waals surface area contributed by atoms with Crippen LogP contribution in [0, 0.1) is 17.8 Å². The van der Waals surface area contributed by atoms with Crippen molar-refractivity contribution in [3.8, 4) is 0 Å². The number of rotatable bonds is 4. The van der Waals surface area contributed by atoms with E-state index in [1.54, 1.807) is 0 Å². The largest absolute Gasteiger partial charge is 0.392 e. The first-order chi connectivity index (χ1) is 10.7. The van der Waals surface area contributed by atoms with E-state index in [1.165, 1.54) is 5.56 Å². The fraction of sp³-hybridized carbons (Fsp3) is 0.611. The third-order valence-corrected chi connectivity index (χ3v) is 5.65. The molecule has 2 saturated carbocycles. The van der Waals surface area contributed by atoms with Crippen molar-refractivity contribution in [1.29, 1.82) is 0 Å². The number of aliphatic hydroxyl groups excluding tert-OH is 1. The molecule has 1 saturated heterocycles. The van der Waals surface area contributed by atoms with Crippen LogP contribution in [0.25, 0.3) is 0 Å². The van der Waals surface area contributed by atoms with Gasteiger partial charge in [-0.05, 0) is 24.3 Å². The van der Waals surface area contributed by atoms with Crippen LogP contribution in [0.2, 0.25) is 0 Å². The van der Waals surface area contributed by atoms with E-state index in [0.29, 0.717) is 26.1 Å². The van der Waals surface area contributed by atoms with Crippen LogP contribution in [0.15, 0.2) is 30.3 Å². The fourth-order valence-corrected chi connectivity index (χ4v) is 4.43. The number of carbonyl (C=O) groups excluding carboxylic acids is 1. The minimum absolute atomic E-state index is 0.170. The number of Topliss-reactive ketones (excluding diaryl/α,β-unsaturated/α-hetero) is 1. The molecule has 1 spiro atoms. The number of fused-ring (bicyclic) bond motifs is 2. The molecule has 1 unspecified atom stereocenters. The van der Waals surface area contributed by atoms with Crippen LogP contribution >= 0.6 is 0 Å². The standard InChI is InChI=1S/C18H22O4/c19-16(7-6-12-4-2-1-3-5-12)13-10-15-14(17(13)20)11-18(15)21-8-9-22-18/h1-5,13-15,17,20H,6-11H2/t13-,14+,15-,17?/m0/s1. The number of carbonyl (C=O) groups is 1. The molecule has 3 fully saturated rings. The first kappa shape index (κ1) is 14.4. The van der Waals surface area contributed by atoms with Gasteiger partial charge in [0.1, 0.15) is 5.78 Å². The van der Waals surface area contributed by atoms with Gasteiger partial charge >= 0.3 is 0 Å². The van der Waals surface area contributed by atoms with E-state index < -0.39 is 11.9 Å². The molecule has 1 aromatic rings. The second-order valence-electron chi connectivity index (χ2n) is 6.77. The van der Waals surface area contributed by atoms with Gasteiger partial charge in [0, 0.05) is 24.7 Å². The lowest BCUT2D eigenvalue weighted by molar-refractivity contribution is -0.275. The molecule has 1 aliphatic heterocycles. The molecular weight excluding hydrogens is 280 g/mol. The van der Waals surface area contributed by atoms with Crippen molar-refractivity contribution in [3.05, 3.63) is 35.9 Å². The summed E-state index contributed by atoms with van der Waals surface area (Å²) in [7, 11) is 0. The van der Waals surface area contributed by atoms with E-state index in [9.17, 15) is 9.90 Å². The highest BCUT2D eigenvalue weighted by molar-refractivity contribution is 5.82. The highest BCUT2D eigenvalue weighted by atomic mass is 16.7. The topological polar surface area (TPSA) is 55.8 Å². The molecule has 3 aliphatic rings. The van der Waals surface area contributed by atoms with E-state index >= 15 is 0 Å². The zero-order valence-corrected chi connectivity index (χ0v) is 12.6. The number of aryl methyl sites for hydroxylation is 1. The van der Waals surface area contributed by atoms with Crippen molar-refractivity contribution in [2.75, 3.05) is 13.2 Å². The minimum atomic E-state index is -0.522. The van der Waals surface area contributed by atoms with Crippen LogP contribution in [0.4, 0.5) is 0 Å². The molecule has 1 heterocycles. The van der Waals surface area contributed by atoms with Crippen LogP contribution < -0.4 is 0 Å². The monoisotopic (exact) mass is 302 g/mol. The molecule has 118 valence electrons. The highest BCUT2D eigenvalue weighted by Crippen LogP contribution is 2.59. The van der Waals surface area contributed by atoms with Gasteiger partial charge < -0.3 is 14.6 Å². The van der Waals surface area contributed by atoms with Gasteiger partial charge in [-0.2, -0.15) is 0 Å². The Hall–Kier alpha value is -1.23. The SMILES string of the molecule is O=C(CCc1ccccc1)[C@@H]1C[C@H]2[C@@H](CC23OCCO3)C1O. The Morgan fingerprint density at radius 2 is 1.95 bits per heavy atom. The molecule has 4 heteroatoms. The van der Waals surface area contributed by atoms with Crippen molar-refractivity contribution >= 4 is 5.78 Å². The van der Waals surface area contributed by atoms with E-state index in [0.717, 1.165) is 12.8 Å². The number of hydrogen-bond donors (Lipinski definition) is 1. The molecule has 1 aromatic carbocycles. The van der Waals surface area contributed by atoms with Crippen molar-refractivity contribution < 1.29 is 19.4 Å². The highest BCUT2D eigenvalue weighted by Gasteiger charge is 2.65. The van der Waals surface area contributed by atoms with Gasteiger partial charge in [-0.3, -0.25) is 4.79 Å². The van der Waals surface area contributed by atoms with Gasteiger partial charge in [0.2, 0.25) is 0 Å². The van der Waals surface area contributed by atoms with Gasteiger partial charge in [-0.15, -0.1) is 0 Å². The second kappa shape index (κ2) is 5.44. The van der Waals surface area contributed by atoms with Crippen molar-refractivity contribution in [2.45, 2.75) is 37.6 Å². The number of ketones is 1. The number of benzene rings is 1. The minimum Gasteiger partial charge on any atom is -0.392 e. The Bertz CT molecular complexity index is 549. The Balaban J connectivity index is 1.38. The predicted molar refractivity (Wildman–Crippen MR) is 80.1 cm³/mol. The molecule has 4 rings (SSSR count). The summed E-state index contributed by atoms with van der Waals surface area (Å²) < 4.78 is 11.5. The maximum atomic E-state index is 12.5. The fourth-order valence-electron chi connectivity index (χ4n) is 4.43. The van der Waals surface area contributed by atoms with Crippen LogP contribution in [0.1, 0.15) is 24.8 Å². The molecule has 0 bridgehead atoms.